The van der Waals surface area contributed by atoms with Crippen LogP contribution in [0.1, 0.15) is 24.5 Å². The minimum Gasteiger partial charge on any atom is -0.301 e. The molecule has 2 aromatic rings. The Hall–Kier alpha value is -1.42. The Morgan fingerprint density at radius 3 is 3.06 bits per heavy atom. The van der Waals surface area contributed by atoms with E-state index >= 15 is 0 Å². The first kappa shape index (κ1) is 9.78. The third-order valence-electron chi connectivity index (χ3n) is 2.87. The largest absolute Gasteiger partial charge is 0.301 e. The van der Waals surface area contributed by atoms with Gasteiger partial charge in [0.05, 0.1) is 12.2 Å². The Bertz CT molecular complexity index is 497. The molecule has 0 aromatic carbocycles. The summed E-state index contributed by atoms with van der Waals surface area (Å²) in [4.78, 5) is 10.6. The van der Waals surface area contributed by atoms with Crippen LogP contribution in [0.25, 0.3) is 11.3 Å². The zero-order valence-electron chi connectivity index (χ0n) is 8.80. The predicted molar refractivity (Wildman–Crippen MR) is 63.6 cm³/mol. The molecule has 0 radical (unpaired) electrons. The highest BCUT2D eigenvalue weighted by Gasteiger charge is 2.28. The molecule has 1 saturated carbocycles. The second-order valence-corrected chi connectivity index (χ2v) is 4.87. The number of rotatable bonds is 4. The van der Waals surface area contributed by atoms with Crippen molar-refractivity contribution in [3.05, 3.63) is 28.6 Å². The number of aldehydes is 1. The molecule has 4 heteroatoms. The Labute approximate surface area is 97.7 Å². The lowest BCUT2D eigenvalue weighted by Crippen LogP contribution is -2.04. The number of nitrogens with zero attached hydrogens (tertiary/aromatic N) is 2. The van der Waals surface area contributed by atoms with Crippen molar-refractivity contribution in [2.45, 2.75) is 25.3 Å². The summed E-state index contributed by atoms with van der Waals surface area (Å²) in [6.45, 7) is 0.371. The van der Waals surface area contributed by atoms with Crippen molar-refractivity contribution in [2.24, 2.45) is 0 Å². The average Bonchev–Trinajstić information content (AvgIpc) is 2.82. The van der Waals surface area contributed by atoms with E-state index in [0.29, 0.717) is 12.5 Å². The molecule has 2 heterocycles. The molecule has 1 aliphatic carbocycles. The van der Waals surface area contributed by atoms with Gasteiger partial charge in [-0.15, -0.1) is 0 Å². The number of carbonyl (C=O) groups is 1. The van der Waals surface area contributed by atoms with Gasteiger partial charge in [0.1, 0.15) is 6.29 Å². The Morgan fingerprint density at radius 2 is 2.44 bits per heavy atom. The first-order chi connectivity index (χ1) is 7.88. The third kappa shape index (κ3) is 1.69. The summed E-state index contributed by atoms with van der Waals surface area (Å²) >= 11 is 1.67. The molecule has 0 spiro atoms. The van der Waals surface area contributed by atoms with E-state index in [0.717, 1.165) is 17.5 Å². The Kier molecular flexibility index (Phi) is 2.36. The Morgan fingerprint density at radius 1 is 1.56 bits per heavy atom. The smallest absolute Gasteiger partial charge is 0.141 e. The molecule has 0 N–H and O–H groups in total. The van der Waals surface area contributed by atoms with Gasteiger partial charge in [0, 0.05) is 22.6 Å². The van der Waals surface area contributed by atoms with Crippen LogP contribution in [-0.4, -0.2) is 16.1 Å². The Balaban J connectivity index is 2.00. The molecule has 3 nitrogen and oxygen atoms in total. The van der Waals surface area contributed by atoms with Crippen molar-refractivity contribution in [2.75, 3.05) is 0 Å². The van der Waals surface area contributed by atoms with Crippen molar-refractivity contribution >= 4 is 17.6 Å². The average molecular weight is 232 g/mol. The van der Waals surface area contributed by atoms with Gasteiger partial charge in [0.2, 0.25) is 0 Å². The lowest BCUT2D eigenvalue weighted by molar-refractivity contribution is -0.108. The fraction of sp³-hybridized carbons (Fsp3) is 0.333. The summed E-state index contributed by atoms with van der Waals surface area (Å²) in [7, 11) is 0. The first-order valence-electron chi connectivity index (χ1n) is 5.42. The van der Waals surface area contributed by atoms with Crippen molar-refractivity contribution in [1.82, 2.24) is 9.78 Å². The van der Waals surface area contributed by atoms with Gasteiger partial charge in [-0.25, -0.2) is 0 Å². The first-order valence-corrected chi connectivity index (χ1v) is 6.36. The normalized spacial score (nSPS) is 15.2. The van der Waals surface area contributed by atoms with E-state index in [9.17, 15) is 4.79 Å². The number of hydrogen-bond donors (Lipinski definition) is 0. The van der Waals surface area contributed by atoms with Crippen LogP contribution in [-0.2, 0) is 11.3 Å². The van der Waals surface area contributed by atoms with E-state index in [1.165, 1.54) is 18.5 Å². The number of thiophene rings is 1. The molecule has 16 heavy (non-hydrogen) atoms. The van der Waals surface area contributed by atoms with E-state index in [1.807, 2.05) is 10.1 Å². The maximum atomic E-state index is 10.6. The highest BCUT2D eigenvalue weighted by molar-refractivity contribution is 7.08. The fourth-order valence-corrected chi connectivity index (χ4v) is 2.56. The van der Waals surface area contributed by atoms with Crippen molar-refractivity contribution in [3.63, 3.8) is 0 Å². The molecule has 0 amide bonds. The second-order valence-electron chi connectivity index (χ2n) is 4.09. The van der Waals surface area contributed by atoms with Crippen LogP contribution in [0.3, 0.4) is 0 Å². The molecular weight excluding hydrogens is 220 g/mol. The third-order valence-corrected chi connectivity index (χ3v) is 3.55. The molecule has 0 aliphatic heterocycles. The molecule has 1 fully saturated rings. The zero-order chi connectivity index (χ0) is 11.0. The van der Waals surface area contributed by atoms with E-state index in [2.05, 4.69) is 22.6 Å². The van der Waals surface area contributed by atoms with Crippen LogP contribution < -0.4 is 0 Å². The van der Waals surface area contributed by atoms with Crippen LogP contribution in [0.5, 0.6) is 0 Å². The van der Waals surface area contributed by atoms with Crippen LogP contribution >= 0.6 is 11.3 Å². The highest BCUT2D eigenvalue weighted by atomic mass is 32.1. The van der Waals surface area contributed by atoms with Gasteiger partial charge in [-0.3, -0.25) is 4.68 Å². The molecule has 0 saturated heterocycles. The highest BCUT2D eigenvalue weighted by Crippen LogP contribution is 2.41. The van der Waals surface area contributed by atoms with Crippen molar-refractivity contribution in [1.29, 1.82) is 0 Å². The molecule has 1 aliphatic rings. The van der Waals surface area contributed by atoms with Gasteiger partial charge >= 0.3 is 0 Å². The number of carbonyl (C=O) groups excluding carboxylic acids is 1. The topological polar surface area (TPSA) is 34.9 Å². The molecule has 0 atom stereocenters. The van der Waals surface area contributed by atoms with Gasteiger partial charge in [0.25, 0.3) is 0 Å². The van der Waals surface area contributed by atoms with Gasteiger partial charge < -0.3 is 4.79 Å². The lowest BCUT2D eigenvalue weighted by atomic mass is 10.2. The standard InChI is InChI=1S/C12H12N2OS/c15-5-4-14-12(9-1-2-9)7-11(13-14)10-3-6-16-8-10/h3,5-9H,1-2,4H2. The predicted octanol–water partition coefficient (Wildman–Crippen LogP) is 2.69. The number of hydrogen-bond acceptors (Lipinski definition) is 3. The molecule has 82 valence electrons. The molecule has 0 unspecified atom stereocenters. The summed E-state index contributed by atoms with van der Waals surface area (Å²) in [5.41, 5.74) is 3.36. The van der Waals surface area contributed by atoms with Crippen LogP contribution in [0.4, 0.5) is 0 Å². The summed E-state index contributed by atoms with van der Waals surface area (Å²) in [6, 6.07) is 4.19. The molecule has 2 aromatic heterocycles. The van der Waals surface area contributed by atoms with Gasteiger partial charge in [-0.05, 0) is 30.4 Å². The molecule has 0 bridgehead atoms. The van der Waals surface area contributed by atoms with E-state index < -0.39 is 0 Å². The maximum Gasteiger partial charge on any atom is 0.141 e. The summed E-state index contributed by atoms with van der Waals surface area (Å²) in [5, 5.41) is 8.63. The fourth-order valence-electron chi connectivity index (χ4n) is 1.91. The minimum atomic E-state index is 0.371. The van der Waals surface area contributed by atoms with Crippen LogP contribution in [0, 0.1) is 0 Å². The summed E-state index contributed by atoms with van der Waals surface area (Å²) in [6.07, 6.45) is 3.37. The summed E-state index contributed by atoms with van der Waals surface area (Å²) < 4.78 is 1.84. The monoisotopic (exact) mass is 232 g/mol. The van der Waals surface area contributed by atoms with Crippen molar-refractivity contribution in [3.8, 4) is 11.3 Å². The van der Waals surface area contributed by atoms with E-state index in [4.69, 9.17) is 0 Å². The second kappa shape index (κ2) is 3.87. The SMILES string of the molecule is O=CCn1nc(-c2ccsc2)cc1C1CC1. The van der Waals surface area contributed by atoms with Gasteiger partial charge in [0.15, 0.2) is 0 Å². The number of aromatic nitrogens is 2. The van der Waals surface area contributed by atoms with E-state index in [1.54, 1.807) is 11.3 Å². The van der Waals surface area contributed by atoms with Gasteiger partial charge in [-0.1, -0.05) is 0 Å². The zero-order valence-corrected chi connectivity index (χ0v) is 9.61. The van der Waals surface area contributed by atoms with Crippen molar-refractivity contribution < 1.29 is 4.79 Å². The quantitative estimate of drug-likeness (QED) is 0.760. The van der Waals surface area contributed by atoms with Gasteiger partial charge in [-0.2, -0.15) is 16.4 Å². The molecular formula is C12H12N2OS. The van der Waals surface area contributed by atoms with Crippen LogP contribution in [0.2, 0.25) is 0 Å². The maximum absolute atomic E-state index is 10.6. The van der Waals surface area contributed by atoms with Crippen LogP contribution in [0.15, 0.2) is 22.9 Å². The molecule has 3 rings (SSSR count). The minimum absolute atomic E-state index is 0.371. The summed E-state index contributed by atoms with van der Waals surface area (Å²) in [5.74, 6) is 0.625. The lowest BCUT2D eigenvalue weighted by Gasteiger charge is -1.99. The van der Waals surface area contributed by atoms with E-state index in [-0.39, 0.29) is 0 Å².